The number of rotatable bonds is 5. The molecule has 0 aliphatic heterocycles. The lowest BCUT2D eigenvalue weighted by molar-refractivity contribution is 0.101. The molecule has 120 valence electrons. The van der Waals surface area contributed by atoms with E-state index in [1.165, 1.54) is 18.9 Å². The molecular formula is C16H16ClN3O2S. The van der Waals surface area contributed by atoms with Crippen molar-refractivity contribution < 1.29 is 9.53 Å². The highest BCUT2D eigenvalue weighted by Crippen LogP contribution is 2.26. The lowest BCUT2D eigenvalue weighted by Crippen LogP contribution is -2.11. The standard InChI is InChI=1S/C16H16ClN3O2S/c1-22-15-7-6-10(17)8-11(15)14(21)9-23-16-18-12-4-2-3-5-13(12)19-20-16/h6-8H,2-5,9H2,1H3. The zero-order valence-corrected chi connectivity index (χ0v) is 14.3. The van der Waals surface area contributed by atoms with Crippen molar-refractivity contribution in [3.05, 3.63) is 40.2 Å². The fraction of sp³-hybridized carbons (Fsp3) is 0.375. The minimum absolute atomic E-state index is 0.0735. The fourth-order valence-electron chi connectivity index (χ4n) is 2.51. The van der Waals surface area contributed by atoms with Gasteiger partial charge in [-0.05, 0) is 43.9 Å². The predicted molar refractivity (Wildman–Crippen MR) is 89.5 cm³/mol. The number of thioether (sulfide) groups is 1. The maximum atomic E-state index is 12.4. The van der Waals surface area contributed by atoms with Crippen LogP contribution in [0.25, 0.3) is 0 Å². The summed E-state index contributed by atoms with van der Waals surface area (Å²) in [5.41, 5.74) is 2.48. The summed E-state index contributed by atoms with van der Waals surface area (Å²) in [6, 6.07) is 5.01. The molecule has 1 aromatic carbocycles. The van der Waals surface area contributed by atoms with Crippen molar-refractivity contribution >= 4 is 29.1 Å². The number of halogens is 1. The molecule has 2 aromatic rings. The molecule has 7 heteroatoms. The van der Waals surface area contributed by atoms with Crippen LogP contribution in [0.4, 0.5) is 0 Å². The number of aromatic nitrogens is 3. The van der Waals surface area contributed by atoms with Gasteiger partial charge in [0.25, 0.3) is 0 Å². The summed E-state index contributed by atoms with van der Waals surface area (Å²) in [5.74, 6) is 0.664. The van der Waals surface area contributed by atoms with Crippen LogP contribution in [0.15, 0.2) is 23.4 Å². The second-order valence-electron chi connectivity index (χ2n) is 5.25. The molecule has 1 aliphatic rings. The number of hydrogen-bond donors (Lipinski definition) is 0. The summed E-state index contributed by atoms with van der Waals surface area (Å²) in [6.45, 7) is 0. The van der Waals surface area contributed by atoms with Crippen LogP contribution in [-0.4, -0.2) is 33.8 Å². The van der Waals surface area contributed by atoms with Crippen molar-refractivity contribution in [3.63, 3.8) is 0 Å². The number of benzene rings is 1. The monoisotopic (exact) mass is 349 g/mol. The van der Waals surface area contributed by atoms with Gasteiger partial charge in [-0.15, -0.1) is 5.10 Å². The fourth-order valence-corrected chi connectivity index (χ4v) is 3.37. The molecule has 0 amide bonds. The van der Waals surface area contributed by atoms with Gasteiger partial charge >= 0.3 is 0 Å². The number of ether oxygens (including phenoxy) is 1. The largest absolute Gasteiger partial charge is 0.496 e. The number of ketones is 1. The Morgan fingerprint density at radius 3 is 2.83 bits per heavy atom. The van der Waals surface area contributed by atoms with E-state index in [1.54, 1.807) is 18.2 Å². The van der Waals surface area contributed by atoms with Crippen LogP contribution in [0.1, 0.15) is 34.6 Å². The smallest absolute Gasteiger partial charge is 0.209 e. The van der Waals surface area contributed by atoms with Gasteiger partial charge < -0.3 is 4.74 Å². The van der Waals surface area contributed by atoms with Gasteiger partial charge in [0, 0.05) is 5.02 Å². The van der Waals surface area contributed by atoms with E-state index in [9.17, 15) is 4.79 Å². The molecule has 0 bridgehead atoms. The second-order valence-corrected chi connectivity index (χ2v) is 6.63. The number of fused-ring (bicyclic) bond motifs is 1. The van der Waals surface area contributed by atoms with E-state index >= 15 is 0 Å². The Morgan fingerprint density at radius 2 is 2.04 bits per heavy atom. The van der Waals surface area contributed by atoms with Crippen LogP contribution < -0.4 is 4.74 Å². The first-order valence-corrected chi connectivity index (χ1v) is 8.75. The third-order valence-corrected chi connectivity index (χ3v) is 4.76. The quantitative estimate of drug-likeness (QED) is 0.609. The van der Waals surface area contributed by atoms with Crippen LogP contribution >= 0.6 is 23.4 Å². The molecule has 0 saturated heterocycles. The number of aryl methyl sites for hydroxylation is 2. The highest BCUT2D eigenvalue weighted by Gasteiger charge is 2.17. The van der Waals surface area contributed by atoms with Crippen molar-refractivity contribution in [2.75, 3.05) is 12.9 Å². The van der Waals surface area contributed by atoms with Gasteiger partial charge in [-0.3, -0.25) is 4.79 Å². The van der Waals surface area contributed by atoms with Crippen LogP contribution in [0.5, 0.6) is 5.75 Å². The van der Waals surface area contributed by atoms with E-state index in [-0.39, 0.29) is 11.5 Å². The molecule has 0 N–H and O–H groups in total. The molecule has 0 spiro atoms. The first-order chi connectivity index (χ1) is 11.2. The molecule has 3 rings (SSSR count). The molecule has 0 atom stereocenters. The van der Waals surface area contributed by atoms with Crippen LogP contribution in [0.3, 0.4) is 0 Å². The Morgan fingerprint density at radius 1 is 1.26 bits per heavy atom. The van der Waals surface area contributed by atoms with Gasteiger partial charge in [-0.1, -0.05) is 23.4 Å². The number of Topliss-reactive ketones (excluding diaryl/α,β-unsaturated/α-hetero) is 1. The van der Waals surface area contributed by atoms with Crippen molar-refractivity contribution in [2.45, 2.75) is 30.8 Å². The summed E-state index contributed by atoms with van der Waals surface area (Å²) in [7, 11) is 1.53. The zero-order valence-electron chi connectivity index (χ0n) is 12.7. The molecule has 1 aliphatic carbocycles. The van der Waals surface area contributed by atoms with Crippen molar-refractivity contribution in [3.8, 4) is 5.75 Å². The maximum absolute atomic E-state index is 12.4. The summed E-state index contributed by atoms with van der Waals surface area (Å²) >= 11 is 7.25. The Hall–Kier alpha value is -1.66. The summed E-state index contributed by atoms with van der Waals surface area (Å²) in [5, 5.41) is 9.38. The van der Waals surface area contributed by atoms with Crippen LogP contribution in [-0.2, 0) is 12.8 Å². The van der Waals surface area contributed by atoms with E-state index < -0.39 is 0 Å². The minimum atomic E-state index is -0.0735. The number of nitrogens with zero attached hydrogens (tertiary/aromatic N) is 3. The second kappa shape index (κ2) is 7.27. The summed E-state index contributed by atoms with van der Waals surface area (Å²) < 4.78 is 5.22. The van der Waals surface area contributed by atoms with Gasteiger partial charge in [0.2, 0.25) is 5.16 Å². The summed E-state index contributed by atoms with van der Waals surface area (Å²) in [4.78, 5) is 16.9. The maximum Gasteiger partial charge on any atom is 0.209 e. The minimum Gasteiger partial charge on any atom is -0.496 e. The lowest BCUT2D eigenvalue weighted by Gasteiger charge is -2.13. The Bertz CT molecular complexity index is 739. The average Bonchev–Trinajstić information content (AvgIpc) is 2.59. The van der Waals surface area contributed by atoms with Crippen LogP contribution in [0.2, 0.25) is 5.02 Å². The molecule has 0 unspecified atom stereocenters. The van der Waals surface area contributed by atoms with Gasteiger partial charge in [-0.25, -0.2) is 4.98 Å². The molecule has 1 aromatic heterocycles. The molecular weight excluding hydrogens is 334 g/mol. The number of methoxy groups -OCH3 is 1. The number of carbonyl (C=O) groups is 1. The highest BCUT2D eigenvalue weighted by molar-refractivity contribution is 7.99. The van der Waals surface area contributed by atoms with E-state index in [2.05, 4.69) is 15.2 Å². The van der Waals surface area contributed by atoms with E-state index in [1.807, 2.05) is 0 Å². The van der Waals surface area contributed by atoms with E-state index in [4.69, 9.17) is 16.3 Å². The van der Waals surface area contributed by atoms with E-state index in [0.717, 1.165) is 37.1 Å². The van der Waals surface area contributed by atoms with Gasteiger partial charge in [-0.2, -0.15) is 5.10 Å². The SMILES string of the molecule is COc1ccc(Cl)cc1C(=O)CSc1nnc2c(n1)CCCC2. The Kier molecular flexibility index (Phi) is 5.13. The highest BCUT2D eigenvalue weighted by atomic mass is 35.5. The normalized spacial score (nSPS) is 13.5. The molecule has 5 nitrogen and oxygen atoms in total. The zero-order chi connectivity index (χ0) is 16.2. The molecule has 0 radical (unpaired) electrons. The first-order valence-electron chi connectivity index (χ1n) is 7.39. The lowest BCUT2D eigenvalue weighted by atomic mass is 10.0. The summed E-state index contributed by atoms with van der Waals surface area (Å²) in [6.07, 6.45) is 4.16. The molecule has 0 saturated carbocycles. The van der Waals surface area contributed by atoms with Gasteiger partial charge in [0.05, 0.1) is 29.8 Å². The third kappa shape index (κ3) is 3.82. The van der Waals surface area contributed by atoms with Crippen molar-refractivity contribution in [1.82, 2.24) is 15.2 Å². The number of carbonyl (C=O) groups excluding carboxylic acids is 1. The molecule has 0 fully saturated rings. The van der Waals surface area contributed by atoms with E-state index in [0.29, 0.717) is 21.5 Å². The number of hydrogen-bond acceptors (Lipinski definition) is 6. The first kappa shape index (κ1) is 16.2. The Labute approximate surface area is 143 Å². The molecule has 23 heavy (non-hydrogen) atoms. The van der Waals surface area contributed by atoms with Gasteiger partial charge in [0.15, 0.2) is 5.78 Å². The molecule has 1 heterocycles. The van der Waals surface area contributed by atoms with Crippen molar-refractivity contribution in [2.24, 2.45) is 0 Å². The van der Waals surface area contributed by atoms with Crippen molar-refractivity contribution in [1.29, 1.82) is 0 Å². The third-order valence-electron chi connectivity index (χ3n) is 3.69. The van der Waals surface area contributed by atoms with Crippen LogP contribution in [0, 0.1) is 0 Å². The topological polar surface area (TPSA) is 65.0 Å². The predicted octanol–water partition coefficient (Wildman–Crippen LogP) is 3.39. The average molecular weight is 350 g/mol. The van der Waals surface area contributed by atoms with Gasteiger partial charge in [0.1, 0.15) is 5.75 Å². The Balaban J connectivity index is 1.71.